The Morgan fingerprint density at radius 3 is 2.50 bits per heavy atom. The second-order valence-electron chi connectivity index (χ2n) is 6.49. The van der Waals surface area contributed by atoms with Crippen molar-refractivity contribution in [2.75, 3.05) is 25.7 Å². The second kappa shape index (κ2) is 8.43. The van der Waals surface area contributed by atoms with Crippen molar-refractivity contribution in [2.24, 2.45) is 14.6 Å². The van der Waals surface area contributed by atoms with E-state index in [2.05, 4.69) is 25.8 Å². The van der Waals surface area contributed by atoms with Crippen LogP contribution >= 0.6 is 0 Å². The van der Waals surface area contributed by atoms with E-state index in [4.69, 9.17) is 6.42 Å². The standard InChI is InChI=1S/C18H25N5O2S/c1-5-6-12-18(21-22-18)13-11-17(24)20-16-9-7-15(8-10-16)14-19-26(4,25)23(2)3/h1,7-10H,6,11-14H2,2-4H3,(H,20,24). The fourth-order valence-electron chi connectivity index (χ4n) is 2.21. The number of terminal acetylenes is 1. The molecule has 1 heterocycles. The highest BCUT2D eigenvalue weighted by Crippen LogP contribution is 2.37. The molecule has 1 aromatic carbocycles. The van der Waals surface area contributed by atoms with Crippen LogP contribution < -0.4 is 5.32 Å². The molecule has 2 rings (SSSR count). The van der Waals surface area contributed by atoms with Gasteiger partial charge in [0.15, 0.2) is 5.66 Å². The molecule has 1 aromatic rings. The van der Waals surface area contributed by atoms with E-state index in [9.17, 15) is 9.00 Å². The Morgan fingerprint density at radius 1 is 1.31 bits per heavy atom. The van der Waals surface area contributed by atoms with Gasteiger partial charge in [-0.15, -0.1) is 12.3 Å². The number of benzene rings is 1. The Morgan fingerprint density at radius 2 is 1.96 bits per heavy atom. The van der Waals surface area contributed by atoms with E-state index in [1.54, 1.807) is 24.7 Å². The molecule has 1 unspecified atom stereocenters. The van der Waals surface area contributed by atoms with Gasteiger partial charge in [0.2, 0.25) is 5.91 Å². The molecule has 0 fully saturated rings. The average molecular weight is 375 g/mol. The van der Waals surface area contributed by atoms with E-state index >= 15 is 0 Å². The van der Waals surface area contributed by atoms with Gasteiger partial charge in [0.1, 0.15) is 9.92 Å². The SMILES string of the molecule is C#CCCC1(CCC(=O)Nc2ccc(CN=S(C)(=O)N(C)C)cc2)N=N1. The topological polar surface area (TPSA) is 86.5 Å². The number of hydrogen-bond donors (Lipinski definition) is 1. The van der Waals surface area contributed by atoms with Crippen LogP contribution in [-0.4, -0.2) is 40.4 Å². The third-order valence-corrected chi connectivity index (χ3v) is 6.17. The number of carbonyl (C=O) groups excluding carboxylic acids is 1. The van der Waals surface area contributed by atoms with Gasteiger partial charge in [-0.1, -0.05) is 12.1 Å². The summed E-state index contributed by atoms with van der Waals surface area (Å²) >= 11 is 0. The molecule has 0 saturated carbocycles. The summed E-state index contributed by atoms with van der Waals surface area (Å²) in [6.45, 7) is 0.364. The van der Waals surface area contributed by atoms with E-state index in [1.165, 1.54) is 0 Å². The molecular formula is C18H25N5O2S. The van der Waals surface area contributed by atoms with E-state index in [-0.39, 0.29) is 5.91 Å². The Bertz CT molecular complexity index is 824. The lowest BCUT2D eigenvalue weighted by atomic mass is 10.0. The number of amides is 1. The zero-order valence-corrected chi connectivity index (χ0v) is 16.3. The maximum atomic E-state index is 12.2. The molecule has 1 aliphatic rings. The van der Waals surface area contributed by atoms with Gasteiger partial charge in [-0.2, -0.15) is 10.2 Å². The summed E-state index contributed by atoms with van der Waals surface area (Å²) in [6, 6.07) is 7.36. The number of carbonyl (C=O) groups is 1. The lowest BCUT2D eigenvalue weighted by Crippen LogP contribution is -2.20. The van der Waals surface area contributed by atoms with E-state index in [0.29, 0.717) is 37.9 Å². The largest absolute Gasteiger partial charge is 0.326 e. The summed E-state index contributed by atoms with van der Waals surface area (Å²) < 4.78 is 18.0. The summed E-state index contributed by atoms with van der Waals surface area (Å²) in [5.41, 5.74) is 1.21. The van der Waals surface area contributed by atoms with Crippen LogP contribution in [-0.2, 0) is 21.3 Å². The molecule has 0 bridgehead atoms. The van der Waals surface area contributed by atoms with Crippen molar-refractivity contribution in [1.29, 1.82) is 0 Å². The molecule has 1 aliphatic heterocycles. The van der Waals surface area contributed by atoms with Crippen LogP contribution in [0.4, 0.5) is 5.69 Å². The van der Waals surface area contributed by atoms with Crippen molar-refractivity contribution in [1.82, 2.24) is 4.31 Å². The van der Waals surface area contributed by atoms with E-state index in [0.717, 1.165) is 5.56 Å². The highest BCUT2D eigenvalue weighted by Gasteiger charge is 2.39. The first-order valence-electron chi connectivity index (χ1n) is 8.38. The maximum absolute atomic E-state index is 12.2. The third kappa shape index (κ3) is 5.93. The Kier molecular flexibility index (Phi) is 6.51. The minimum Gasteiger partial charge on any atom is -0.326 e. The third-order valence-electron chi connectivity index (χ3n) is 4.21. The Labute approximate surface area is 155 Å². The Balaban J connectivity index is 1.83. The first-order chi connectivity index (χ1) is 12.3. The van der Waals surface area contributed by atoms with Gasteiger partial charge in [0.25, 0.3) is 0 Å². The van der Waals surface area contributed by atoms with Crippen molar-refractivity contribution < 1.29 is 9.00 Å². The van der Waals surface area contributed by atoms with Gasteiger partial charge in [-0.3, -0.25) is 4.79 Å². The number of nitrogens with zero attached hydrogens (tertiary/aromatic N) is 4. The molecule has 0 radical (unpaired) electrons. The van der Waals surface area contributed by atoms with Crippen LogP contribution in [0.25, 0.3) is 0 Å². The summed E-state index contributed by atoms with van der Waals surface area (Å²) in [4.78, 5) is 12.1. The average Bonchev–Trinajstić information content (AvgIpc) is 3.38. The van der Waals surface area contributed by atoms with Gasteiger partial charge in [0, 0.05) is 51.7 Å². The van der Waals surface area contributed by atoms with Crippen LogP contribution in [0.3, 0.4) is 0 Å². The molecule has 1 atom stereocenters. The lowest BCUT2D eigenvalue weighted by Gasteiger charge is -2.12. The number of anilines is 1. The van der Waals surface area contributed by atoms with Crippen LogP contribution in [0, 0.1) is 12.3 Å². The number of hydrogen-bond acceptors (Lipinski definition) is 5. The van der Waals surface area contributed by atoms with Crippen LogP contribution in [0.15, 0.2) is 38.9 Å². The van der Waals surface area contributed by atoms with Gasteiger partial charge >= 0.3 is 0 Å². The molecule has 8 heteroatoms. The van der Waals surface area contributed by atoms with Crippen molar-refractivity contribution in [3.63, 3.8) is 0 Å². The van der Waals surface area contributed by atoms with Crippen LogP contribution in [0.5, 0.6) is 0 Å². The molecule has 0 spiro atoms. The summed E-state index contributed by atoms with van der Waals surface area (Å²) in [7, 11) is 1.14. The van der Waals surface area contributed by atoms with Gasteiger partial charge in [-0.25, -0.2) is 12.9 Å². The van der Waals surface area contributed by atoms with Gasteiger partial charge in [-0.05, 0) is 17.7 Å². The summed E-state index contributed by atoms with van der Waals surface area (Å²) in [5.74, 6) is 2.49. The van der Waals surface area contributed by atoms with Crippen LogP contribution in [0.1, 0.15) is 31.2 Å². The zero-order valence-electron chi connectivity index (χ0n) is 15.4. The zero-order chi connectivity index (χ0) is 19.2. The smallest absolute Gasteiger partial charge is 0.224 e. The molecule has 7 nitrogen and oxygen atoms in total. The first-order valence-corrected chi connectivity index (χ1v) is 10.3. The fourth-order valence-corrected chi connectivity index (χ4v) is 2.83. The predicted octanol–water partition coefficient (Wildman–Crippen LogP) is 3.06. The van der Waals surface area contributed by atoms with Gasteiger partial charge < -0.3 is 5.32 Å². The second-order valence-corrected chi connectivity index (χ2v) is 9.01. The fraction of sp³-hybridized carbons (Fsp3) is 0.500. The van der Waals surface area contributed by atoms with Gasteiger partial charge in [0.05, 0.1) is 6.54 Å². The molecule has 140 valence electrons. The molecular weight excluding hydrogens is 350 g/mol. The lowest BCUT2D eigenvalue weighted by molar-refractivity contribution is -0.116. The molecule has 26 heavy (non-hydrogen) atoms. The summed E-state index contributed by atoms with van der Waals surface area (Å²) in [5, 5.41) is 10.9. The highest BCUT2D eigenvalue weighted by molar-refractivity contribution is 7.90. The molecule has 0 saturated heterocycles. The number of nitrogens with one attached hydrogen (secondary N) is 1. The van der Waals surface area contributed by atoms with E-state index < -0.39 is 15.6 Å². The van der Waals surface area contributed by atoms with Crippen molar-refractivity contribution in [3.8, 4) is 12.3 Å². The normalized spacial score (nSPS) is 16.6. The first kappa shape index (κ1) is 20.1. The maximum Gasteiger partial charge on any atom is 0.224 e. The molecule has 1 amide bonds. The van der Waals surface area contributed by atoms with Crippen LogP contribution in [0.2, 0.25) is 0 Å². The van der Waals surface area contributed by atoms with Crippen molar-refractivity contribution in [2.45, 2.75) is 37.9 Å². The quantitative estimate of drug-likeness (QED) is 0.673. The van der Waals surface area contributed by atoms with Crippen molar-refractivity contribution in [3.05, 3.63) is 29.8 Å². The van der Waals surface area contributed by atoms with E-state index in [1.807, 2.05) is 24.3 Å². The monoisotopic (exact) mass is 375 g/mol. The predicted molar refractivity (Wildman–Crippen MR) is 104 cm³/mol. The number of rotatable bonds is 9. The molecule has 0 aliphatic carbocycles. The minimum atomic E-state index is -2.34. The van der Waals surface area contributed by atoms with Crippen molar-refractivity contribution >= 4 is 21.5 Å². The summed E-state index contributed by atoms with van der Waals surface area (Å²) in [6.07, 6.45) is 9.09. The Hall–Kier alpha value is -2.24. The highest BCUT2D eigenvalue weighted by atomic mass is 32.2. The minimum absolute atomic E-state index is 0.0796. The molecule has 1 N–H and O–H groups in total. The molecule has 0 aromatic heterocycles.